The number of methoxy groups -OCH3 is 1. The van der Waals surface area contributed by atoms with E-state index in [1.54, 1.807) is 7.11 Å². The summed E-state index contributed by atoms with van der Waals surface area (Å²) in [7, 11) is 1.65. The Balaban J connectivity index is 2.75. The number of rotatable bonds is 7. The van der Waals surface area contributed by atoms with E-state index in [0.717, 1.165) is 5.69 Å². The van der Waals surface area contributed by atoms with Gasteiger partial charge in [0.05, 0.1) is 13.0 Å². The maximum Gasteiger partial charge on any atom is 0.305 e. The first kappa shape index (κ1) is 13.5. The summed E-state index contributed by atoms with van der Waals surface area (Å²) in [4.78, 5) is 12.7. The number of hydrogen-bond donors (Lipinski definition) is 1. The second kappa shape index (κ2) is 6.91. The molecule has 0 radical (unpaired) electrons. The summed E-state index contributed by atoms with van der Waals surface area (Å²) in [6.45, 7) is 3.09. The first-order valence-corrected chi connectivity index (χ1v) is 5.67. The summed E-state index contributed by atoms with van der Waals surface area (Å²) in [6, 6.07) is 9.95. The molecule has 0 spiro atoms. The summed E-state index contributed by atoms with van der Waals surface area (Å²) in [5.41, 5.74) is 1.03. The maximum atomic E-state index is 10.7. The predicted octanol–water partition coefficient (Wildman–Crippen LogP) is 2.00. The van der Waals surface area contributed by atoms with Gasteiger partial charge in [0.15, 0.2) is 0 Å². The van der Waals surface area contributed by atoms with E-state index >= 15 is 0 Å². The third-order valence-corrected chi connectivity index (χ3v) is 2.59. The monoisotopic (exact) mass is 237 g/mol. The van der Waals surface area contributed by atoms with Gasteiger partial charge in [-0.2, -0.15) is 0 Å². The minimum Gasteiger partial charge on any atom is -0.481 e. The molecular weight excluding hydrogens is 218 g/mol. The SMILES string of the molecule is COCC(C)N(CCC(=O)O)c1ccccc1. The van der Waals surface area contributed by atoms with Crippen molar-refractivity contribution >= 4 is 11.7 Å². The summed E-state index contributed by atoms with van der Waals surface area (Å²) in [6.07, 6.45) is 0.128. The molecule has 4 heteroatoms. The van der Waals surface area contributed by atoms with Gasteiger partial charge >= 0.3 is 5.97 Å². The van der Waals surface area contributed by atoms with Gasteiger partial charge in [0.25, 0.3) is 0 Å². The first-order valence-electron chi connectivity index (χ1n) is 5.67. The molecule has 4 nitrogen and oxygen atoms in total. The summed E-state index contributed by atoms with van der Waals surface area (Å²) < 4.78 is 5.12. The van der Waals surface area contributed by atoms with Gasteiger partial charge in [-0.25, -0.2) is 0 Å². The number of hydrogen-bond acceptors (Lipinski definition) is 3. The van der Waals surface area contributed by atoms with Crippen molar-refractivity contribution in [1.29, 1.82) is 0 Å². The van der Waals surface area contributed by atoms with Gasteiger partial charge in [-0.1, -0.05) is 18.2 Å². The number of benzene rings is 1. The molecule has 1 unspecified atom stereocenters. The van der Waals surface area contributed by atoms with Crippen LogP contribution in [0.5, 0.6) is 0 Å². The maximum absolute atomic E-state index is 10.7. The fourth-order valence-electron chi connectivity index (χ4n) is 1.77. The van der Waals surface area contributed by atoms with Crippen molar-refractivity contribution in [1.82, 2.24) is 0 Å². The Morgan fingerprint density at radius 2 is 2.06 bits per heavy atom. The molecule has 0 aliphatic rings. The molecule has 94 valence electrons. The Labute approximate surface area is 102 Å². The number of ether oxygens (including phenoxy) is 1. The van der Waals surface area contributed by atoms with Crippen molar-refractivity contribution in [3.8, 4) is 0 Å². The highest BCUT2D eigenvalue weighted by Crippen LogP contribution is 2.17. The summed E-state index contributed by atoms with van der Waals surface area (Å²) in [5.74, 6) is -0.782. The average molecular weight is 237 g/mol. The van der Waals surface area contributed by atoms with Gasteiger partial charge in [0.2, 0.25) is 0 Å². The topological polar surface area (TPSA) is 49.8 Å². The van der Waals surface area contributed by atoms with Crippen molar-refractivity contribution < 1.29 is 14.6 Å². The molecule has 1 N–H and O–H groups in total. The largest absolute Gasteiger partial charge is 0.481 e. The van der Waals surface area contributed by atoms with Gasteiger partial charge in [0.1, 0.15) is 0 Å². The number of para-hydroxylation sites is 1. The lowest BCUT2D eigenvalue weighted by molar-refractivity contribution is -0.136. The smallest absolute Gasteiger partial charge is 0.305 e. The van der Waals surface area contributed by atoms with Crippen LogP contribution in [0, 0.1) is 0 Å². The zero-order valence-electron chi connectivity index (χ0n) is 10.3. The number of anilines is 1. The zero-order chi connectivity index (χ0) is 12.7. The number of carboxylic acid groups (broad SMARTS) is 1. The molecule has 1 aromatic carbocycles. The molecule has 0 saturated carbocycles. The van der Waals surface area contributed by atoms with Crippen LogP contribution in [0.3, 0.4) is 0 Å². The predicted molar refractivity (Wildman–Crippen MR) is 67.4 cm³/mol. The van der Waals surface area contributed by atoms with E-state index in [4.69, 9.17) is 9.84 Å². The van der Waals surface area contributed by atoms with E-state index < -0.39 is 5.97 Å². The molecule has 0 aromatic heterocycles. The Bertz CT molecular complexity index is 340. The van der Waals surface area contributed by atoms with Gasteiger partial charge in [-0.3, -0.25) is 4.79 Å². The number of carboxylic acids is 1. The average Bonchev–Trinajstić information content (AvgIpc) is 2.30. The summed E-state index contributed by atoms with van der Waals surface area (Å²) in [5, 5.41) is 8.76. The van der Waals surface area contributed by atoms with Crippen LogP contribution in [-0.4, -0.2) is 37.4 Å². The van der Waals surface area contributed by atoms with E-state index in [9.17, 15) is 4.79 Å². The van der Waals surface area contributed by atoms with Crippen LogP contribution in [0.1, 0.15) is 13.3 Å². The highest BCUT2D eigenvalue weighted by molar-refractivity contribution is 5.67. The molecule has 17 heavy (non-hydrogen) atoms. The fourth-order valence-corrected chi connectivity index (χ4v) is 1.77. The van der Waals surface area contributed by atoms with Gasteiger partial charge < -0.3 is 14.7 Å². The van der Waals surface area contributed by atoms with Crippen LogP contribution < -0.4 is 4.90 Å². The van der Waals surface area contributed by atoms with Crippen molar-refractivity contribution in [2.75, 3.05) is 25.2 Å². The lowest BCUT2D eigenvalue weighted by Crippen LogP contribution is -2.37. The molecule has 1 rings (SSSR count). The Kier molecular flexibility index (Phi) is 5.49. The molecule has 0 fully saturated rings. The van der Waals surface area contributed by atoms with Crippen molar-refractivity contribution in [3.05, 3.63) is 30.3 Å². The highest BCUT2D eigenvalue weighted by Gasteiger charge is 2.15. The van der Waals surface area contributed by atoms with Crippen LogP contribution >= 0.6 is 0 Å². The molecule has 0 amide bonds. The van der Waals surface area contributed by atoms with Crippen LogP contribution in [-0.2, 0) is 9.53 Å². The summed E-state index contributed by atoms with van der Waals surface area (Å²) >= 11 is 0. The number of nitrogens with zero attached hydrogens (tertiary/aromatic N) is 1. The quantitative estimate of drug-likeness (QED) is 0.788. The van der Waals surface area contributed by atoms with Crippen LogP contribution in [0.25, 0.3) is 0 Å². The second-order valence-electron chi connectivity index (χ2n) is 3.98. The van der Waals surface area contributed by atoms with Crippen molar-refractivity contribution in [2.45, 2.75) is 19.4 Å². The lowest BCUT2D eigenvalue weighted by atomic mass is 10.2. The van der Waals surface area contributed by atoms with Crippen LogP contribution in [0.4, 0.5) is 5.69 Å². The third kappa shape index (κ3) is 4.44. The standard InChI is InChI=1S/C13H19NO3/c1-11(10-17-2)14(9-8-13(15)16)12-6-4-3-5-7-12/h3-7,11H,8-10H2,1-2H3,(H,15,16). The third-order valence-electron chi connectivity index (χ3n) is 2.59. The fraction of sp³-hybridized carbons (Fsp3) is 0.462. The highest BCUT2D eigenvalue weighted by atomic mass is 16.5. The number of aliphatic carboxylic acids is 1. The van der Waals surface area contributed by atoms with E-state index in [0.29, 0.717) is 13.2 Å². The number of carbonyl (C=O) groups is 1. The lowest BCUT2D eigenvalue weighted by Gasteiger charge is -2.30. The van der Waals surface area contributed by atoms with Gasteiger partial charge in [0, 0.05) is 25.4 Å². The van der Waals surface area contributed by atoms with E-state index in [-0.39, 0.29) is 12.5 Å². The normalized spacial score (nSPS) is 12.1. The van der Waals surface area contributed by atoms with Gasteiger partial charge in [-0.05, 0) is 19.1 Å². The Morgan fingerprint density at radius 1 is 1.41 bits per heavy atom. The van der Waals surface area contributed by atoms with E-state index in [1.165, 1.54) is 0 Å². The molecule has 1 atom stereocenters. The zero-order valence-corrected chi connectivity index (χ0v) is 10.3. The molecule has 0 aliphatic heterocycles. The molecule has 0 bridgehead atoms. The minimum atomic E-state index is -0.782. The molecule has 0 saturated heterocycles. The van der Waals surface area contributed by atoms with E-state index in [1.807, 2.05) is 37.3 Å². The molecular formula is C13H19NO3. The molecule has 0 heterocycles. The Morgan fingerprint density at radius 3 is 2.59 bits per heavy atom. The van der Waals surface area contributed by atoms with Crippen LogP contribution in [0.15, 0.2) is 30.3 Å². The minimum absolute atomic E-state index is 0.128. The van der Waals surface area contributed by atoms with Crippen molar-refractivity contribution in [2.24, 2.45) is 0 Å². The molecule has 0 aliphatic carbocycles. The molecule has 1 aromatic rings. The van der Waals surface area contributed by atoms with Gasteiger partial charge in [-0.15, -0.1) is 0 Å². The first-order chi connectivity index (χ1) is 8.15. The van der Waals surface area contributed by atoms with Crippen LogP contribution in [0.2, 0.25) is 0 Å². The van der Waals surface area contributed by atoms with E-state index in [2.05, 4.69) is 4.90 Å². The Hall–Kier alpha value is -1.55. The second-order valence-corrected chi connectivity index (χ2v) is 3.98. The van der Waals surface area contributed by atoms with Crippen molar-refractivity contribution in [3.63, 3.8) is 0 Å².